The summed E-state index contributed by atoms with van der Waals surface area (Å²) in [4.78, 5) is 11.7. The van der Waals surface area contributed by atoms with Gasteiger partial charge in [0, 0.05) is 11.6 Å². The molecule has 0 aliphatic carbocycles. The quantitative estimate of drug-likeness (QED) is 0.770. The molecule has 0 heterocycles. The molecule has 0 fully saturated rings. The molecule has 2 aromatic rings. The minimum absolute atomic E-state index is 0.0876. The van der Waals surface area contributed by atoms with Crippen LogP contribution >= 0.6 is 11.6 Å². The molecule has 2 rings (SSSR count). The fraction of sp³-hybridized carbons (Fsp3) is 0.235. The number of hydrogen-bond donors (Lipinski definition) is 2. The van der Waals surface area contributed by atoms with E-state index in [1.54, 1.807) is 12.1 Å². The van der Waals surface area contributed by atoms with E-state index >= 15 is 0 Å². The van der Waals surface area contributed by atoms with E-state index in [0.717, 1.165) is 22.6 Å². The molecular weight excluding hydrogens is 303 g/mol. The SMILES string of the molecule is O=C(CNCCc1cccc(Cl)c1)NCc1ccc(F)cc1. The van der Waals surface area contributed by atoms with Crippen LogP contribution in [-0.4, -0.2) is 19.0 Å². The Morgan fingerprint density at radius 2 is 1.86 bits per heavy atom. The number of amides is 1. The fourth-order valence-electron chi connectivity index (χ4n) is 1.99. The molecule has 2 aromatic carbocycles. The number of carbonyl (C=O) groups is 1. The van der Waals surface area contributed by atoms with Gasteiger partial charge in [-0.1, -0.05) is 35.9 Å². The molecule has 22 heavy (non-hydrogen) atoms. The van der Waals surface area contributed by atoms with Gasteiger partial charge < -0.3 is 10.6 Å². The summed E-state index contributed by atoms with van der Waals surface area (Å²) in [5.74, 6) is -0.367. The third-order valence-electron chi connectivity index (χ3n) is 3.17. The van der Waals surface area contributed by atoms with E-state index < -0.39 is 0 Å². The van der Waals surface area contributed by atoms with E-state index in [9.17, 15) is 9.18 Å². The predicted molar refractivity (Wildman–Crippen MR) is 86.3 cm³/mol. The summed E-state index contributed by atoms with van der Waals surface area (Å²) in [6, 6.07) is 13.7. The molecule has 0 atom stereocenters. The fourth-order valence-corrected chi connectivity index (χ4v) is 2.21. The second kappa shape index (κ2) is 8.51. The Hall–Kier alpha value is -1.91. The van der Waals surface area contributed by atoms with Gasteiger partial charge in [-0.05, 0) is 48.4 Å². The first-order valence-corrected chi connectivity index (χ1v) is 7.47. The van der Waals surface area contributed by atoms with Crippen molar-refractivity contribution < 1.29 is 9.18 Å². The van der Waals surface area contributed by atoms with Crippen LogP contribution < -0.4 is 10.6 Å². The number of rotatable bonds is 7. The van der Waals surface area contributed by atoms with Crippen LogP contribution in [0.15, 0.2) is 48.5 Å². The second-order valence-corrected chi connectivity index (χ2v) is 5.40. The normalized spacial score (nSPS) is 10.5. The smallest absolute Gasteiger partial charge is 0.234 e. The summed E-state index contributed by atoms with van der Waals surface area (Å²) in [5.41, 5.74) is 2.00. The Labute approximate surface area is 134 Å². The van der Waals surface area contributed by atoms with Crippen molar-refractivity contribution in [2.75, 3.05) is 13.1 Å². The highest BCUT2D eigenvalue weighted by molar-refractivity contribution is 6.30. The molecule has 5 heteroatoms. The van der Waals surface area contributed by atoms with E-state index in [1.807, 2.05) is 24.3 Å². The third-order valence-corrected chi connectivity index (χ3v) is 3.40. The molecule has 3 nitrogen and oxygen atoms in total. The van der Waals surface area contributed by atoms with Crippen molar-refractivity contribution in [3.05, 3.63) is 70.5 Å². The largest absolute Gasteiger partial charge is 0.351 e. The Bertz CT molecular complexity index is 616. The standard InChI is InChI=1S/C17H18ClFN2O/c18-15-3-1-2-13(10-15)8-9-20-12-17(22)21-11-14-4-6-16(19)7-5-14/h1-7,10,20H,8-9,11-12H2,(H,21,22). The number of hydrogen-bond acceptors (Lipinski definition) is 2. The van der Waals surface area contributed by atoms with Crippen molar-refractivity contribution in [2.45, 2.75) is 13.0 Å². The summed E-state index contributed by atoms with van der Waals surface area (Å²) in [5, 5.41) is 6.58. The molecule has 0 spiro atoms. The first-order chi connectivity index (χ1) is 10.6. The highest BCUT2D eigenvalue weighted by atomic mass is 35.5. The van der Waals surface area contributed by atoms with Crippen molar-refractivity contribution in [2.24, 2.45) is 0 Å². The summed E-state index contributed by atoms with van der Waals surface area (Å²) < 4.78 is 12.8. The van der Waals surface area contributed by atoms with Crippen LogP contribution in [-0.2, 0) is 17.8 Å². The first kappa shape index (κ1) is 16.5. The highest BCUT2D eigenvalue weighted by Crippen LogP contribution is 2.10. The number of halogens is 2. The molecule has 0 saturated heterocycles. The van der Waals surface area contributed by atoms with E-state index in [1.165, 1.54) is 12.1 Å². The zero-order valence-electron chi connectivity index (χ0n) is 12.1. The van der Waals surface area contributed by atoms with Crippen LogP contribution in [0.25, 0.3) is 0 Å². The summed E-state index contributed by atoms with van der Waals surface area (Å²) in [6.45, 7) is 1.35. The molecule has 1 amide bonds. The molecular formula is C17H18ClFN2O. The summed E-state index contributed by atoms with van der Waals surface area (Å²) in [6.07, 6.45) is 0.811. The average Bonchev–Trinajstić information content (AvgIpc) is 2.51. The molecule has 0 aliphatic heterocycles. The Kier molecular flexibility index (Phi) is 6.37. The van der Waals surface area contributed by atoms with Gasteiger partial charge in [0.2, 0.25) is 5.91 Å². The van der Waals surface area contributed by atoms with Gasteiger partial charge in [0.05, 0.1) is 6.54 Å². The highest BCUT2D eigenvalue weighted by Gasteiger charge is 2.01. The molecule has 0 bridgehead atoms. The van der Waals surface area contributed by atoms with E-state index in [-0.39, 0.29) is 18.3 Å². The van der Waals surface area contributed by atoms with Crippen LogP contribution in [0.5, 0.6) is 0 Å². The van der Waals surface area contributed by atoms with Crippen molar-refractivity contribution in [1.29, 1.82) is 0 Å². The van der Waals surface area contributed by atoms with Crippen LogP contribution in [0, 0.1) is 5.82 Å². The minimum atomic E-state index is -0.280. The van der Waals surface area contributed by atoms with Gasteiger partial charge >= 0.3 is 0 Å². The zero-order valence-corrected chi connectivity index (χ0v) is 12.9. The lowest BCUT2D eigenvalue weighted by Gasteiger charge is -2.07. The number of carbonyl (C=O) groups excluding carboxylic acids is 1. The average molecular weight is 321 g/mol. The van der Waals surface area contributed by atoms with Crippen molar-refractivity contribution in [1.82, 2.24) is 10.6 Å². The monoisotopic (exact) mass is 320 g/mol. The Balaban J connectivity index is 1.62. The maximum atomic E-state index is 12.8. The van der Waals surface area contributed by atoms with Gasteiger partial charge in [0.15, 0.2) is 0 Å². The molecule has 0 aliphatic rings. The first-order valence-electron chi connectivity index (χ1n) is 7.10. The van der Waals surface area contributed by atoms with Gasteiger partial charge in [0.25, 0.3) is 0 Å². The number of benzene rings is 2. The van der Waals surface area contributed by atoms with E-state index in [0.29, 0.717) is 13.1 Å². The van der Waals surface area contributed by atoms with Gasteiger partial charge in [-0.2, -0.15) is 0 Å². The van der Waals surface area contributed by atoms with E-state index in [4.69, 9.17) is 11.6 Å². The molecule has 0 unspecified atom stereocenters. The molecule has 0 radical (unpaired) electrons. The maximum Gasteiger partial charge on any atom is 0.234 e. The lowest BCUT2D eigenvalue weighted by Crippen LogP contribution is -2.34. The van der Waals surface area contributed by atoms with Crippen LogP contribution in [0.2, 0.25) is 5.02 Å². The molecule has 2 N–H and O–H groups in total. The van der Waals surface area contributed by atoms with Crippen LogP contribution in [0.1, 0.15) is 11.1 Å². The summed E-state index contributed by atoms with van der Waals surface area (Å²) >= 11 is 5.91. The van der Waals surface area contributed by atoms with Gasteiger partial charge in [-0.3, -0.25) is 4.79 Å². The van der Waals surface area contributed by atoms with E-state index in [2.05, 4.69) is 10.6 Å². The van der Waals surface area contributed by atoms with Crippen LogP contribution in [0.3, 0.4) is 0 Å². The van der Waals surface area contributed by atoms with Gasteiger partial charge in [0.1, 0.15) is 5.82 Å². The van der Waals surface area contributed by atoms with Gasteiger partial charge in [-0.15, -0.1) is 0 Å². The second-order valence-electron chi connectivity index (χ2n) is 4.96. The molecule has 0 saturated carbocycles. The lowest BCUT2D eigenvalue weighted by atomic mass is 10.1. The predicted octanol–water partition coefficient (Wildman–Crippen LogP) is 2.93. The Morgan fingerprint density at radius 3 is 2.59 bits per heavy atom. The minimum Gasteiger partial charge on any atom is -0.351 e. The Morgan fingerprint density at radius 1 is 1.09 bits per heavy atom. The van der Waals surface area contributed by atoms with Gasteiger partial charge in [-0.25, -0.2) is 4.39 Å². The van der Waals surface area contributed by atoms with Crippen molar-refractivity contribution in [3.63, 3.8) is 0 Å². The summed E-state index contributed by atoms with van der Waals surface area (Å²) in [7, 11) is 0. The van der Waals surface area contributed by atoms with Crippen molar-refractivity contribution in [3.8, 4) is 0 Å². The maximum absolute atomic E-state index is 12.8. The van der Waals surface area contributed by atoms with Crippen molar-refractivity contribution >= 4 is 17.5 Å². The molecule has 0 aromatic heterocycles. The van der Waals surface area contributed by atoms with Crippen LogP contribution in [0.4, 0.5) is 4.39 Å². The number of nitrogens with one attached hydrogen (secondary N) is 2. The zero-order chi connectivity index (χ0) is 15.8. The third kappa shape index (κ3) is 5.84. The molecule has 116 valence electrons. The lowest BCUT2D eigenvalue weighted by molar-refractivity contribution is -0.120. The topological polar surface area (TPSA) is 41.1 Å².